The summed E-state index contributed by atoms with van der Waals surface area (Å²) >= 11 is 0. The molecule has 0 saturated carbocycles. The number of hydrogen-bond acceptors (Lipinski definition) is 5. The lowest BCUT2D eigenvalue weighted by Crippen LogP contribution is -2.08. The third-order valence-corrected chi connectivity index (χ3v) is 3.37. The predicted molar refractivity (Wildman–Crippen MR) is 85.0 cm³/mol. The third-order valence-electron chi connectivity index (χ3n) is 2.15. The lowest BCUT2D eigenvalue weighted by Gasteiger charge is -2.03. The molecule has 0 heterocycles. The van der Waals surface area contributed by atoms with E-state index in [1.54, 1.807) is 6.92 Å². The van der Waals surface area contributed by atoms with Gasteiger partial charge in [0.05, 0.1) is 7.11 Å². The van der Waals surface area contributed by atoms with Crippen LogP contribution in [-0.2, 0) is 30.3 Å². The van der Waals surface area contributed by atoms with Crippen LogP contribution >= 0.6 is 0 Å². The van der Waals surface area contributed by atoms with E-state index in [2.05, 4.69) is 28.9 Å². The van der Waals surface area contributed by atoms with Gasteiger partial charge in [-0.1, -0.05) is 6.58 Å². The number of aliphatic carboxylic acids is 1. The molecule has 0 saturated heterocycles. The molecular weight excluding hydrogens is 308 g/mol. The summed E-state index contributed by atoms with van der Waals surface area (Å²) in [7, 11) is 1.49. The Balaban J connectivity index is 0.000000534. The van der Waals surface area contributed by atoms with E-state index in [0.29, 0.717) is 11.3 Å². The first-order chi connectivity index (χ1) is 10.3. The smallest absolute Gasteiger partial charge is 0.338 e. The van der Waals surface area contributed by atoms with Crippen molar-refractivity contribution in [1.82, 2.24) is 0 Å². The Hall–Kier alpha value is -1.83. The molecule has 0 aliphatic carbocycles. The Bertz CT molecular complexity index is 495. The fourth-order valence-corrected chi connectivity index (χ4v) is 1.76. The number of ether oxygens (including phenoxy) is 1. The maximum Gasteiger partial charge on any atom is 0.338 e. The molecule has 0 spiro atoms. The molecule has 0 aromatic heterocycles. The molecule has 0 unspecified atom stereocenters. The van der Waals surface area contributed by atoms with E-state index in [4.69, 9.17) is 9.84 Å². The molecule has 22 heavy (non-hydrogen) atoms. The van der Waals surface area contributed by atoms with E-state index in [9.17, 15) is 9.59 Å². The van der Waals surface area contributed by atoms with Crippen molar-refractivity contribution < 1.29 is 29.2 Å². The van der Waals surface area contributed by atoms with Crippen molar-refractivity contribution >= 4 is 22.8 Å². The molecule has 0 amide bonds. The first-order valence-corrected chi connectivity index (χ1v) is 8.24. The minimum absolute atomic E-state index is 0.233. The highest BCUT2D eigenvalue weighted by molar-refractivity contribution is 7.95. The van der Waals surface area contributed by atoms with Crippen LogP contribution in [0.2, 0.25) is 0 Å². The van der Waals surface area contributed by atoms with Gasteiger partial charge in [0.1, 0.15) is 18.3 Å². The van der Waals surface area contributed by atoms with E-state index in [0.717, 1.165) is 0 Å². The zero-order valence-corrected chi connectivity index (χ0v) is 13.9. The molecule has 0 atom stereocenters. The number of carboxylic acids is 1. The van der Waals surface area contributed by atoms with E-state index >= 15 is 0 Å². The molecule has 0 bridgehead atoms. The number of carbonyl (C=O) groups excluding carboxylic acids is 1. The van der Waals surface area contributed by atoms with E-state index in [1.807, 2.05) is 24.3 Å². The maximum absolute atomic E-state index is 11.2. The standard InChI is InChI=1S/C12H15O2S.C3H6O4/c1-9(2)12(13)14-10-5-7-11(8-6-10)15(3)4;1-6-7-2-3(4)5/h5-8H,1H2,2-4H3;2H2,1H3,(H,4,5)/q+1;. The van der Waals surface area contributed by atoms with Gasteiger partial charge >= 0.3 is 11.9 Å². The van der Waals surface area contributed by atoms with Crippen LogP contribution in [0.25, 0.3) is 0 Å². The minimum atomic E-state index is -1.04. The van der Waals surface area contributed by atoms with Crippen molar-refractivity contribution in [3.63, 3.8) is 0 Å². The summed E-state index contributed by atoms with van der Waals surface area (Å²) in [6.45, 7) is 4.75. The van der Waals surface area contributed by atoms with Crippen molar-refractivity contribution in [2.75, 3.05) is 26.2 Å². The van der Waals surface area contributed by atoms with Gasteiger partial charge < -0.3 is 9.84 Å². The topological polar surface area (TPSA) is 82.1 Å². The van der Waals surface area contributed by atoms with Gasteiger partial charge in [0.25, 0.3) is 0 Å². The van der Waals surface area contributed by atoms with Gasteiger partial charge in [-0.05, 0) is 31.2 Å². The highest BCUT2D eigenvalue weighted by atomic mass is 32.2. The summed E-state index contributed by atoms with van der Waals surface area (Å²) in [5, 5.41) is 7.84. The van der Waals surface area contributed by atoms with Crippen LogP contribution in [0.4, 0.5) is 0 Å². The van der Waals surface area contributed by atoms with Crippen LogP contribution in [0.5, 0.6) is 5.75 Å². The average Bonchev–Trinajstić information content (AvgIpc) is 2.46. The van der Waals surface area contributed by atoms with Crippen LogP contribution in [0.15, 0.2) is 41.3 Å². The Labute approximate surface area is 133 Å². The van der Waals surface area contributed by atoms with Crippen LogP contribution in [0.3, 0.4) is 0 Å². The Morgan fingerprint density at radius 2 is 1.77 bits per heavy atom. The van der Waals surface area contributed by atoms with Gasteiger partial charge in [-0.15, -0.1) is 0 Å². The summed E-state index contributed by atoms with van der Waals surface area (Å²) < 4.78 is 5.08. The summed E-state index contributed by atoms with van der Waals surface area (Å²) in [6, 6.07) is 7.57. The average molecular weight is 329 g/mol. The minimum Gasteiger partial charge on any atom is -0.479 e. The van der Waals surface area contributed by atoms with Crippen LogP contribution in [-0.4, -0.2) is 43.3 Å². The lowest BCUT2D eigenvalue weighted by atomic mass is 10.3. The fourth-order valence-electron chi connectivity index (χ4n) is 1.08. The lowest BCUT2D eigenvalue weighted by molar-refractivity contribution is -0.270. The molecule has 0 aliphatic heterocycles. The van der Waals surface area contributed by atoms with Crippen molar-refractivity contribution in [3.05, 3.63) is 36.4 Å². The summed E-state index contributed by atoms with van der Waals surface area (Å²) in [4.78, 5) is 30.0. The fraction of sp³-hybridized carbons (Fsp3) is 0.333. The first-order valence-electron chi connectivity index (χ1n) is 6.20. The van der Waals surface area contributed by atoms with E-state index < -0.39 is 12.6 Å². The van der Waals surface area contributed by atoms with Crippen LogP contribution in [0.1, 0.15) is 6.92 Å². The second-order valence-electron chi connectivity index (χ2n) is 4.28. The molecule has 0 aliphatic rings. The van der Waals surface area contributed by atoms with Gasteiger partial charge in [-0.3, -0.25) is 0 Å². The second kappa shape index (κ2) is 10.8. The monoisotopic (exact) mass is 329 g/mol. The van der Waals surface area contributed by atoms with Gasteiger partial charge in [0, 0.05) is 16.5 Å². The number of esters is 1. The normalized spacial score (nSPS) is 9.68. The Morgan fingerprint density at radius 3 is 2.09 bits per heavy atom. The number of hydrogen-bond donors (Lipinski definition) is 1. The quantitative estimate of drug-likeness (QED) is 0.215. The van der Waals surface area contributed by atoms with Crippen molar-refractivity contribution in [2.24, 2.45) is 0 Å². The number of benzene rings is 1. The van der Waals surface area contributed by atoms with Gasteiger partial charge in [0.2, 0.25) is 0 Å². The second-order valence-corrected chi connectivity index (χ2v) is 6.38. The summed E-state index contributed by atoms with van der Waals surface area (Å²) in [5.41, 5.74) is 0.407. The van der Waals surface area contributed by atoms with E-state index in [1.165, 1.54) is 12.0 Å². The molecule has 0 radical (unpaired) electrons. The highest BCUT2D eigenvalue weighted by Gasteiger charge is 2.09. The zero-order valence-electron chi connectivity index (χ0n) is 13.1. The van der Waals surface area contributed by atoms with Gasteiger partial charge in [-0.2, -0.15) is 0 Å². The Morgan fingerprint density at radius 1 is 1.23 bits per heavy atom. The number of carboxylic acid groups (broad SMARTS) is 1. The predicted octanol–water partition coefficient (Wildman–Crippen LogP) is 2.05. The van der Waals surface area contributed by atoms with Gasteiger partial charge in [0.15, 0.2) is 11.5 Å². The first kappa shape index (κ1) is 20.2. The van der Waals surface area contributed by atoms with Crippen molar-refractivity contribution in [2.45, 2.75) is 11.8 Å². The molecule has 122 valence electrons. The number of rotatable bonds is 6. The summed E-state index contributed by atoms with van der Waals surface area (Å²) in [6.07, 6.45) is 4.30. The van der Waals surface area contributed by atoms with Crippen LogP contribution < -0.4 is 4.74 Å². The molecule has 1 aromatic rings. The largest absolute Gasteiger partial charge is 0.479 e. The molecule has 6 nitrogen and oxygen atoms in total. The van der Waals surface area contributed by atoms with Crippen LogP contribution in [0, 0.1) is 0 Å². The highest BCUT2D eigenvalue weighted by Crippen LogP contribution is 2.16. The molecule has 1 N–H and O–H groups in total. The molecule has 0 fully saturated rings. The SMILES string of the molecule is C=C(C)C(=O)Oc1ccc([S+](C)C)cc1.COOCC(=O)O. The molecule has 7 heteroatoms. The number of carbonyl (C=O) groups is 2. The summed E-state index contributed by atoms with van der Waals surface area (Å²) in [5.74, 6) is -0.853. The van der Waals surface area contributed by atoms with Crippen molar-refractivity contribution in [3.8, 4) is 5.75 Å². The third kappa shape index (κ3) is 9.17. The zero-order chi connectivity index (χ0) is 17.1. The Kier molecular flexibility index (Phi) is 9.93. The maximum atomic E-state index is 11.2. The van der Waals surface area contributed by atoms with E-state index in [-0.39, 0.29) is 16.9 Å². The van der Waals surface area contributed by atoms with Crippen molar-refractivity contribution in [1.29, 1.82) is 0 Å². The van der Waals surface area contributed by atoms with Gasteiger partial charge in [-0.25, -0.2) is 19.4 Å². The molecular formula is C15H21O6S+. The molecule has 1 aromatic carbocycles. The molecule has 1 rings (SSSR count).